The fourth-order valence-corrected chi connectivity index (χ4v) is 2.93. The Morgan fingerprint density at radius 3 is 2.42 bits per heavy atom. The summed E-state index contributed by atoms with van der Waals surface area (Å²) >= 11 is 0. The van der Waals surface area contributed by atoms with E-state index >= 15 is 0 Å². The smallest absolute Gasteiger partial charge is 0.294 e. The number of hydrogen-bond acceptors (Lipinski definition) is 5. The minimum absolute atomic E-state index is 0.154. The van der Waals surface area contributed by atoms with Crippen LogP contribution in [-0.4, -0.2) is 20.4 Å². The molecular weight excluding hydrogens is 330 g/mol. The first kappa shape index (κ1) is 17.9. The lowest BCUT2D eigenvalue weighted by atomic mass is 10.0. The molecule has 2 aromatic rings. The molecule has 8 heteroatoms. The highest BCUT2D eigenvalue weighted by Crippen LogP contribution is 2.31. The lowest BCUT2D eigenvalue weighted by molar-refractivity contribution is -0.384. The summed E-state index contributed by atoms with van der Waals surface area (Å²) in [6.45, 7) is 4.11. The van der Waals surface area contributed by atoms with E-state index in [1.54, 1.807) is 6.07 Å². The number of anilines is 2. The number of nitro groups is 1. The third-order valence-corrected chi connectivity index (χ3v) is 4.99. The van der Waals surface area contributed by atoms with Crippen LogP contribution in [0.25, 0.3) is 0 Å². The number of sulfonamides is 1. The first-order valence-electron chi connectivity index (χ1n) is 7.33. The Kier molecular flexibility index (Phi) is 5.20. The van der Waals surface area contributed by atoms with Crippen molar-refractivity contribution in [1.82, 2.24) is 4.72 Å². The van der Waals surface area contributed by atoms with Crippen molar-refractivity contribution in [2.24, 2.45) is 0 Å². The second kappa shape index (κ2) is 6.98. The van der Waals surface area contributed by atoms with Crippen LogP contribution >= 0.6 is 0 Å². The van der Waals surface area contributed by atoms with E-state index in [1.165, 1.54) is 19.2 Å². The maximum atomic E-state index is 11.8. The zero-order valence-corrected chi connectivity index (χ0v) is 14.4. The van der Waals surface area contributed by atoms with Gasteiger partial charge < -0.3 is 5.32 Å². The van der Waals surface area contributed by atoms with E-state index in [0.717, 1.165) is 11.6 Å². The van der Waals surface area contributed by atoms with Crippen LogP contribution in [0.3, 0.4) is 0 Å². The molecule has 0 spiro atoms. The van der Waals surface area contributed by atoms with Crippen LogP contribution in [0.1, 0.15) is 25.3 Å². The molecule has 0 aromatic heterocycles. The quantitative estimate of drug-likeness (QED) is 0.615. The minimum Gasteiger partial charge on any atom is -0.350 e. The van der Waals surface area contributed by atoms with Gasteiger partial charge in [0.2, 0.25) is 10.0 Å². The molecule has 2 aromatic carbocycles. The van der Waals surface area contributed by atoms with Crippen LogP contribution in [0.4, 0.5) is 17.1 Å². The fraction of sp³-hybridized carbons (Fsp3) is 0.250. The van der Waals surface area contributed by atoms with Crippen LogP contribution < -0.4 is 10.0 Å². The van der Waals surface area contributed by atoms with Gasteiger partial charge in [0.05, 0.1) is 9.82 Å². The fourth-order valence-electron chi connectivity index (χ4n) is 2.18. The predicted molar refractivity (Wildman–Crippen MR) is 93.2 cm³/mol. The van der Waals surface area contributed by atoms with Crippen LogP contribution in [0.5, 0.6) is 0 Å². The van der Waals surface area contributed by atoms with Crippen molar-refractivity contribution in [3.8, 4) is 0 Å². The van der Waals surface area contributed by atoms with Crippen LogP contribution in [-0.2, 0) is 10.0 Å². The normalized spacial score (nSPS) is 11.5. The molecule has 0 aliphatic rings. The first-order chi connectivity index (χ1) is 11.2. The Bertz CT molecular complexity index is 863. The predicted octanol–water partition coefficient (Wildman–Crippen LogP) is 3.37. The van der Waals surface area contributed by atoms with Gasteiger partial charge in [0.25, 0.3) is 5.69 Å². The van der Waals surface area contributed by atoms with E-state index in [2.05, 4.69) is 23.9 Å². The molecule has 128 valence electrons. The number of benzene rings is 2. The van der Waals surface area contributed by atoms with Crippen molar-refractivity contribution >= 4 is 27.1 Å². The molecule has 2 N–H and O–H groups in total. The minimum atomic E-state index is -3.74. The van der Waals surface area contributed by atoms with Crippen molar-refractivity contribution in [1.29, 1.82) is 0 Å². The lowest BCUT2D eigenvalue weighted by Crippen LogP contribution is -2.18. The summed E-state index contributed by atoms with van der Waals surface area (Å²) in [5.41, 5.74) is 1.72. The standard InChI is InChI=1S/C16H19N3O4S/c1-11(2)12-5-4-6-13(9-12)18-15-8-7-14(24(22,23)17-3)10-16(15)19(20)21/h4-11,17-18H,1-3H3. The summed E-state index contributed by atoms with van der Waals surface area (Å²) in [5.74, 6) is 0.324. The van der Waals surface area contributed by atoms with Gasteiger partial charge in [0, 0.05) is 11.8 Å². The van der Waals surface area contributed by atoms with Gasteiger partial charge in [-0.3, -0.25) is 10.1 Å². The molecule has 24 heavy (non-hydrogen) atoms. The number of nitrogens with one attached hydrogen (secondary N) is 2. The molecule has 7 nitrogen and oxygen atoms in total. The van der Waals surface area contributed by atoms with Crippen LogP contribution in [0, 0.1) is 10.1 Å². The average molecular weight is 349 g/mol. The van der Waals surface area contributed by atoms with Gasteiger partial charge in [0.1, 0.15) is 5.69 Å². The zero-order chi connectivity index (χ0) is 17.9. The van der Waals surface area contributed by atoms with Crippen molar-refractivity contribution in [2.45, 2.75) is 24.7 Å². The highest BCUT2D eigenvalue weighted by atomic mass is 32.2. The molecule has 0 aliphatic carbocycles. The van der Waals surface area contributed by atoms with Crippen LogP contribution in [0.2, 0.25) is 0 Å². The van der Waals surface area contributed by atoms with Crippen molar-refractivity contribution < 1.29 is 13.3 Å². The number of hydrogen-bond donors (Lipinski definition) is 2. The van der Waals surface area contributed by atoms with E-state index in [-0.39, 0.29) is 16.3 Å². The van der Waals surface area contributed by atoms with E-state index in [9.17, 15) is 18.5 Å². The average Bonchev–Trinajstić information content (AvgIpc) is 2.55. The molecule has 0 saturated carbocycles. The molecular formula is C16H19N3O4S. The largest absolute Gasteiger partial charge is 0.350 e. The first-order valence-corrected chi connectivity index (χ1v) is 8.82. The number of rotatable bonds is 6. The molecule has 0 aliphatic heterocycles. The Balaban J connectivity index is 2.44. The van der Waals surface area contributed by atoms with Crippen molar-refractivity contribution in [3.63, 3.8) is 0 Å². The van der Waals surface area contributed by atoms with E-state index in [4.69, 9.17) is 0 Å². The zero-order valence-electron chi connectivity index (χ0n) is 13.6. The van der Waals surface area contributed by atoms with Crippen molar-refractivity contribution in [3.05, 3.63) is 58.1 Å². The molecule has 0 radical (unpaired) electrons. The second-order valence-electron chi connectivity index (χ2n) is 5.55. The Morgan fingerprint density at radius 2 is 1.83 bits per heavy atom. The van der Waals surface area contributed by atoms with Gasteiger partial charge in [-0.2, -0.15) is 0 Å². The summed E-state index contributed by atoms with van der Waals surface area (Å²) in [5, 5.41) is 14.3. The summed E-state index contributed by atoms with van der Waals surface area (Å²) in [6.07, 6.45) is 0. The molecule has 0 fully saturated rings. The Labute approximate surface area is 140 Å². The van der Waals surface area contributed by atoms with E-state index in [1.807, 2.05) is 18.2 Å². The Morgan fingerprint density at radius 1 is 1.12 bits per heavy atom. The van der Waals surface area contributed by atoms with Gasteiger partial charge in [-0.15, -0.1) is 0 Å². The van der Waals surface area contributed by atoms with Gasteiger partial charge in [-0.05, 0) is 42.8 Å². The molecule has 0 atom stereocenters. The highest BCUT2D eigenvalue weighted by molar-refractivity contribution is 7.89. The van der Waals surface area contributed by atoms with Gasteiger partial charge >= 0.3 is 0 Å². The monoisotopic (exact) mass is 349 g/mol. The molecule has 0 heterocycles. The third kappa shape index (κ3) is 3.90. The number of nitro benzene ring substituents is 1. The Hall–Kier alpha value is -2.45. The molecule has 0 unspecified atom stereocenters. The molecule has 2 rings (SSSR count). The highest BCUT2D eigenvalue weighted by Gasteiger charge is 2.20. The summed E-state index contributed by atoms with van der Waals surface area (Å²) < 4.78 is 25.8. The molecule has 0 saturated heterocycles. The summed E-state index contributed by atoms with van der Waals surface area (Å²) in [7, 11) is -2.49. The topological polar surface area (TPSA) is 101 Å². The third-order valence-electron chi connectivity index (χ3n) is 3.58. The maximum Gasteiger partial charge on any atom is 0.294 e. The maximum absolute atomic E-state index is 11.8. The van der Waals surface area contributed by atoms with Crippen molar-refractivity contribution in [2.75, 3.05) is 12.4 Å². The van der Waals surface area contributed by atoms with Gasteiger partial charge in [-0.1, -0.05) is 26.0 Å². The van der Waals surface area contributed by atoms with Crippen LogP contribution in [0.15, 0.2) is 47.4 Å². The number of nitrogens with zero attached hydrogens (tertiary/aromatic N) is 1. The second-order valence-corrected chi connectivity index (χ2v) is 7.44. The van der Waals surface area contributed by atoms with Gasteiger partial charge in [-0.25, -0.2) is 13.1 Å². The SMILES string of the molecule is CNS(=O)(=O)c1ccc(Nc2cccc(C(C)C)c2)c([N+](=O)[O-])c1. The summed E-state index contributed by atoms with van der Waals surface area (Å²) in [4.78, 5) is 10.5. The lowest BCUT2D eigenvalue weighted by Gasteiger charge is -2.11. The summed E-state index contributed by atoms with van der Waals surface area (Å²) in [6, 6.07) is 11.3. The van der Waals surface area contributed by atoms with E-state index in [0.29, 0.717) is 11.6 Å². The van der Waals surface area contributed by atoms with Gasteiger partial charge in [0.15, 0.2) is 0 Å². The molecule has 0 amide bonds. The molecule has 0 bridgehead atoms. The van der Waals surface area contributed by atoms with E-state index < -0.39 is 14.9 Å².